The number of amides is 1. The number of hydrogen-bond acceptors (Lipinski definition) is 4. The molecule has 0 bridgehead atoms. The maximum absolute atomic E-state index is 13.8. The van der Waals surface area contributed by atoms with Gasteiger partial charge in [0, 0.05) is 11.6 Å². The predicted octanol–water partition coefficient (Wildman–Crippen LogP) is 1.50. The van der Waals surface area contributed by atoms with Crippen molar-refractivity contribution < 1.29 is 13.9 Å². The van der Waals surface area contributed by atoms with Crippen LogP contribution in [-0.2, 0) is 4.74 Å². The highest BCUT2D eigenvalue weighted by Crippen LogP contribution is 2.08. The van der Waals surface area contributed by atoms with Crippen molar-refractivity contribution in [3.63, 3.8) is 0 Å². The average Bonchev–Trinajstić information content (AvgIpc) is 2.39. The van der Waals surface area contributed by atoms with Crippen molar-refractivity contribution in [3.05, 3.63) is 35.6 Å². The van der Waals surface area contributed by atoms with Gasteiger partial charge in [0.05, 0.1) is 0 Å². The highest BCUT2D eigenvalue weighted by atomic mass is 32.1. The molecule has 0 heterocycles. The summed E-state index contributed by atoms with van der Waals surface area (Å²) < 4.78 is 18.8. The van der Waals surface area contributed by atoms with E-state index in [0.29, 0.717) is 0 Å². The molecule has 0 spiro atoms. The largest absolute Gasteiger partial charge is 0.443 e. The molecule has 8 heteroatoms. The predicted molar refractivity (Wildman–Crippen MR) is 82.5 cm³/mol. The first-order valence-electron chi connectivity index (χ1n) is 6.20. The van der Waals surface area contributed by atoms with Crippen LogP contribution >= 0.6 is 12.2 Å². The van der Waals surface area contributed by atoms with E-state index in [2.05, 4.69) is 28.1 Å². The number of ether oxygens (including phenoxy) is 1. The number of rotatable bonds is 5. The van der Waals surface area contributed by atoms with Crippen LogP contribution < -0.4 is 16.5 Å². The Morgan fingerprint density at radius 3 is 2.71 bits per heavy atom. The van der Waals surface area contributed by atoms with Gasteiger partial charge >= 0.3 is 6.09 Å². The number of alkyl carbamates (subject to hydrolysis) is 1. The lowest BCUT2D eigenvalue weighted by molar-refractivity contribution is 0.159. The average molecular weight is 312 g/mol. The lowest BCUT2D eigenvalue weighted by Crippen LogP contribution is -2.33. The second kappa shape index (κ2) is 8.15. The molecule has 0 aliphatic heterocycles. The molecule has 0 saturated carbocycles. The molecule has 0 aliphatic carbocycles. The van der Waals surface area contributed by atoms with Crippen LogP contribution in [-0.4, -0.2) is 29.6 Å². The van der Waals surface area contributed by atoms with Crippen molar-refractivity contribution in [2.24, 2.45) is 10.8 Å². The summed E-state index contributed by atoms with van der Waals surface area (Å²) in [7, 11) is 0. The van der Waals surface area contributed by atoms with Gasteiger partial charge in [-0.25, -0.2) is 9.18 Å². The van der Waals surface area contributed by atoms with Crippen molar-refractivity contribution in [3.8, 4) is 0 Å². The van der Waals surface area contributed by atoms with Gasteiger partial charge < -0.3 is 15.8 Å². The Morgan fingerprint density at radius 2 is 2.14 bits per heavy atom. The summed E-state index contributed by atoms with van der Waals surface area (Å²) >= 11 is 4.64. The second-order valence-electron chi connectivity index (χ2n) is 4.39. The first-order valence-corrected chi connectivity index (χ1v) is 6.61. The zero-order valence-corrected chi connectivity index (χ0v) is 12.5. The van der Waals surface area contributed by atoms with Crippen LogP contribution in [0, 0.1) is 5.82 Å². The molecule has 1 aromatic carbocycles. The van der Waals surface area contributed by atoms with E-state index in [0.717, 1.165) is 0 Å². The van der Waals surface area contributed by atoms with Crippen LogP contribution in [0.4, 0.5) is 9.18 Å². The van der Waals surface area contributed by atoms with E-state index in [4.69, 9.17) is 10.5 Å². The minimum Gasteiger partial charge on any atom is -0.443 e. The fourth-order valence-electron chi connectivity index (χ4n) is 1.40. The Kier molecular flexibility index (Phi) is 6.54. The van der Waals surface area contributed by atoms with Gasteiger partial charge in [0.25, 0.3) is 0 Å². The van der Waals surface area contributed by atoms with Gasteiger partial charge in [0.2, 0.25) is 0 Å². The third kappa shape index (κ3) is 6.17. The fraction of sp³-hybridized carbons (Fsp3) is 0.308. The summed E-state index contributed by atoms with van der Waals surface area (Å²) in [5, 5.41) is 6.34. The second-order valence-corrected chi connectivity index (χ2v) is 4.83. The highest BCUT2D eigenvalue weighted by Gasteiger charge is 2.13. The zero-order chi connectivity index (χ0) is 15.8. The van der Waals surface area contributed by atoms with E-state index in [9.17, 15) is 9.18 Å². The number of carbonyl (C=O) groups is 1. The number of thiocarbonyl (C=S) groups is 1. The SMILES string of the molecule is CC(C)NC(=O)OC/C(=N\NC(N)=S)c1ccccc1F. The van der Waals surface area contributed by atoms with Crippen molar-refractivity contribution >= 4 is 29.1 Å². The van der Waals surface area contributed by atoms with Crippen molar-refractivity contribution in [2.45, 2.75) is 19.9 Å². The van der Waals surface area contributed by atoms with Crippen LogP contribution in [0.2, 0.25) is 0 Å². The maximum atomic E-state index is 13.8. The van der Waals surface area contributed by atoms with Gasteiger partial charge in [-0.15, -0.1) is 0 Å². The molecule has 114 valence electrons. The van der Waals surface area contributed by atoms with Gasteiger partial charge in [-0.3, -0.25) is 5.43 Å². The Morgan fingerprint density at radius 1 is 1.48 bits per heavy atom. The molecule has 21 heavy (non-hydrogen) atoms. The van der Waals surface area contributed by atoms with Crippen LogP contribution in [0.5, 0.6) is 0 Å². The summed E-state index contributed by atoms with van der Waals surface area (Å²) in [5.41, 5.74) is 7.99. The molecule has 4 N–H and O–H groups in total. The molecule has 0 aliphatic rings. The molecule has 0 unspecified atom stereocenters. The number of nitrogens with zero attached hydrogens (tertiary/aromatic N) is 1. The number of halogens is 1. The van der Waals surface area contributed by atoms with Crippen LogP contribution in [0.15, 0.2) is 29.4 Å². The third-order valence-corrected chi connectivity index (χ3v) is 2.32. The quantitative estimate of drug-likeness (QED) is 0.435. The number of nitrogens with two attached hydrogens (primary N) is 1. The summed E-state index contributed by atoms with van der Waals surface area (Å²) in [6.45, 7) is 3.36. The smallest absolute Gasteiger partial charge is 0.407 e. The van der Waals surface area contributed by atoms with Gasteiger partial charge in [0.15, 0.2) is 5.11 Å². The third-order valence-electron chi connectivity index (χ3n) is 2.23. The molecule has 0 saturated heterocycles. The summed E-state index contributed by atoms with van der Waals surface area (Å²) in [5.74, 6) is -0.492. The minimum atomic E-state index is -0.621. The fourth-order valence-corrected chi connectivity index (χ4v) is 1.44. The Labute approximate surface area is 127 Å². The monoisotopic (exact) mass is 312 g/mol. The zero-order valence-electron chi connectivity index (χ0n) is 11.7. The van der Waals surface area contributed by atoms with Crippen molar-refractivity contribution in [1.82, 2.24) is 10.7 Å². The Hall–Kier alpha value is -2.22. The first-order chi connectivity index (χ1) is 9.90. The van der Waals surface area contributed by atoms with E-state index < -0.39 is 11.9 Å². The minimum absolute atomic E-state index is 0.0684. The van der Waals surface area contributed by atoms with Crippen LogP contribution in [0.25, 0.3) is 0 Å². The normalized spacial score (nSPS) is 11.1. The molecule has 0 aromatic heterocycles. The molecule has 0 radical (unpaired) electrons. The Bertz CT molecular complexity index is 549. The standard InChI is InChI=1S/C13H17FN4O2S/c1-8(2)16-13(19)20-7-11(17-18-12(15)21)9-5-3-4-6-10(9)14/h3-6,8H,7H2,1-2H3,(H,16,19)(H3,15,18,21)/b17-11+. The molecule has 1 aromatic rings. The van der Waals surface area contributed by atoms with Gasteiger partial charge in [0.1, 0.15) is 18.1 Å². The molecule has 1 rings (SSSR count). The molecular formula is C13H17FN4O2S. The number of hydrogen-bond donors (Lipinski definition) is 3. The van der Waals surface area contributed by atoms with E-state index in [1.807, 2.05) is 0 Å². The summed E-state index contributed by atoms with van der Waals surface area (Å²) in [4.78, 5) is 11.5. The summed E-state index contributed by atoms with van der Waals surface area (Å²) in [6, 6.07) is 5.91. The van der Waals surface area contributed by atoms with E-state index >= 15 is 0 Å². The molecular weight excluding hydrogens is 295 g/mol. The number of nitrogens with one attached hydrogen (secondary N) is 2. The topological polar surface area (TPSA) is 88.7 Å². The summed E-state index contributed by atoms with van der Waals surface area (Å²) in [6.07, 6.45) is -0.621. The number of hydrazone groups is 1. The molecule has 1 amide bonds. The van der Waals surface area contributed by atoms with E-state index in [-0.39, 0.29) is 29.0 Å². The maximum Gasteiger partial charge on any atom is 0.407 e. The molecule has 0 atom stereocenters. The number of carbonyl (C=O) groups excluding carboxylic acids is 1. The van der Waals surface area contributed by atoms with Crippen LogP contribution in [0.1, 0.15) is 19.4 Å². The van der Waals surface area contributed by atoms with Gasteiger partial charge in [-0.2, -0.15) is 5.10 Å². The lowest BCUT2D eigenvalue weighted by atomic mass is 10.1. The van der Waals surface area contributed by atoms with E-state index in [1.165, 1.54) is 12.1 Å². The van der Waals surface area contributed by atoms with Crippen molar-refractivity contribution in [2.75, 3.05) is 6.61 Å². The van der Waals surface area contributed by atoms with E-state index in [1.54, 1.807) is 26.0 Å². The lowest BCUT2D eigenvalue weighted by Gasteiger charge is -2.11. The highest BCUT2D eigenvalue weighted by molar-refractivity contribution is 7.80. The van der Waals surface area contributed by atoms with Crippen LogP contribution in [0.3, 0.4) is 0 Å². The first kappa shape index (κ1) is 16.8. The number of benzene rings is 1. The Balaban J connectivity index is 2.84. The van der Waals surface area contributed by atoms with Gasteiger partial charge in [-0.05, 0) is 38.2 Å². The molecule has 6 nitrogen and oxygen atoms in total. The molecule has 0 fully saturated rings. The van der Waals surface area contributed by atoms with Gasteiger partial charge in [-0.1, -0.05) is 12.1 Å². The van der Waals surface area contributed by atoms with Crippen molar-refractivity contribution in [1.29, 1.82) is 0 Å².